The first-order valence-electron chi connectivity index (χ1n) is 4.11. The first-order chi connectivity index (χ1) is 6.13. The molecule has 1 heterocycles. The monoisotopic (exact) mass is 219 g/mol. The van der Waals surface area contributed by atoms with E-state index in [1.807, 2.05) is 6.92 Å². The molecule has 1 aromatic rings. The maximum Gasteiger partial charge on any atom is 0.156 e. The highest BCUT2D eigenvalue weighted by molar-refractivity contribution is 7.99. The molecule has 1 rings (SSSR count). The second kappa shape index (κ2) is 4.82. The zero-order chi connectivity index (χ0) is 9.84. The Balaban J connectivity index is 2.77. The lowest BCUT2D eigenvalue weighted by Crippen LogP contribution is -1.95. The van der Waals surface area contributed by atoms with Crippen LogP contribution in [-0.2, 0) is 0 Å². The molecule has 0 bridgehead atoms. The number of thioether (sulfide) groups is 1. The van der Waals surface area contributed by atoms with Gasteiger partial charge in [-0.15, -0.1) is 11.8 Å². The Bertz CT molecular complexity index is 293. The molecule has 1 atom stereocenters. The van der Waals surface area contributed by atoms with Crippen LogP contribution in [0.2, 0.25) is 5.02 Å². The number of hydrogen-bond donors (Lipinski definition) is 0. The predicted octanol–water partition coefficient (Wildman–Crippen LogP) is 3.76. The first-order valence-corrected chi connectivity index (χ1v) is 5.37. The normalized spacial score (nSPS) is 12.9. The molecule has 0 aromatic carbocycles. The Labute approximate surface area is 86.7 Å². The van der Waals surface area contributed by atoms with Crippen molar-refractivity contribution in [3.05, 3.63) is 23.1 Å². The van der Waals surface area contributed by atoms with Crippen LogP contribution >= 0.6 is 23.4 Å². The zero-order valence-corrected chi connectivity index (χ0v) is 9.12. The number of pyridine rings is 1. The standard InChI is InChI=1S/C9H11ClFNS/c1-3-6(2)13-9-8(11)4-7(10)5-12-9/h4-6H,3H2,1-2H3. The van der Waals surface area contributed by atoms with E-state index < -0.39 is 0 Å². The quantitative estimate of drug-likeness (QED) is 0.718. The highest BCUT2D eigenvalue weighted by atomic mass is 35.5. The van der Waals surface area contributed by atoms with Gasteiger partial charge in [0.1, 0.15) is 5.03 Å². The van der Waals surface area contributed by atoms with Gasteiger partial charge in [0.2, 0.25) is 0 Å². The summed E-state index contributed by atoms with van der Waals surface area (Å²) in [5.74, 6) is -0.335. The van der Waals surface area contributed by atoms with Crippen molar-refractivity contribution in [1.82, 2.24) is 4.98 Å². The van der Waals surface area contributed by atoms with E-state index in [1.165, 1.54) is 24.0 Å². The van der Waals surface area contributed by atoms with E-state index in [2.05, 4.69) is 11.9 Å². The van der Waals surface area contributed by atoms with Crippen molar-refractivity contribution < 1.29 is 4.39 Å². The van der Waals surface area contributed by atoms with E-state index in [-0.39, 0.29) is 5.82 Å². The van der Waals surface area contributed by atoms with Crippen molar-refractivity contribution in [1.29, 1.82) is 0 Å². The maximum atomic E-state index is 13.2. The summed E-state index contributed by atoms with van der Waals surface area (Å²) in [6, 6.07) is 1.29. The zero-order valence-electron chi connectivity index (χ0n) is 7.55. The molecule has 0 amide bonds. The van der Waals surface area contributed by atoms with Crippen LogP contribution in [0.15, 0.2) is 17.3 Å². The fourth-order valence-corrected chi connectivity index (χ4v) is 1.74. The molecule has 0 aliphatic heterocycles. The van der Waals surface area contributed by atoms with Crippen molar-refractivity contribution in [3.8, 4) is 0 Å². The minimum Gasteiger partial charge on any atom is -0.245 e. The molecule has 72 valence electrons. The topological polar surface area (TPSA) is 12.9 Å². The van der Waals surface area contributed by atoms with Crippen LogP contribution in [0, 0.1) is 5.82 Å². The predicted molar refractivity (Wildman–Crippen MR) is 54.8 cm³/mol. The average Bonchev–Trinajstić information content (AvgIpc) is 2.09. The second-order valence-electron chi connectivity index (χ2n) is 2.78. The molecular formula is C9H11ClFNS. The molecule has 0 spiro atoms. The van der Waals surface area contributed by atoms with Crippen molar-refractivity contribution in [2.45, 2.75) is 30.5 Å². The van der Waals surface area contributed by atoms with Crippen molar-refractivity contribution in [2.24, 2.45) is 0 Å². The van der Waals surface area contributed by atoms with Crippen molar-refractivity contribution in [2.75, 3.05) is 0 Å². The van der Waals surface area contributed by atoms with Gasteiger partial charge in [-0.2, -0.15) is 0 Å². The largest absolute Gasteiger partial charge is 0.245 e. The lowest BCUT2D eigenvalue weighted by atomic mass is 10.4. The molecule has 0 radical (unpaired) electrons. The second-order valence-corrected chi connectivity index (χ2v) is 4.64. The summed E-state index contributed by atoms with van der Waals surface area (Å²) in [5, 5.41) is 1.15. The summed E-state index contributed by atoms with van der Waals surface area (Å²) in [4.78, 5) is 3.92. The maximum absolute atomic E-state index is 13.2. The summed E-state index contributed by atoms with van der Waals surface area (Å²) in [6.45, 7) is 4.10. The Hall–Kier alpha value is -0.280. The number of nitrogens with zero attached hydrogens (tertiary/aromatic N) is 1. The van der Waals surface area contributed by atoms with E-state index in [1.54, 1.807) is 0 Å². The van der Waals surface area contributed by atoms with Gasteiger partial charge in [-0.1, -0.05) is 25.4 Å². The average molecular weight is 220 g/mol. The highest BCUT2D eigenvalue weighted by Gasteiger charge is 2.08. The third kappa shape index (κ3) is 3.16. The van der Waals surface area contributed by atoms with Crippen LogP contribution in [0.5, 0.6) is 0 Å². The third-order valence-electron chi connectivity index (χ3n) is 1.66. The molecule has 1 unspecified atom stereocenters. The number of rotatable bonds is 3. The Kier molecular flexibility index (Phi) is 4.00. The molecular weight excluding hydrogens is 209 g/mol. The smallest absolute Gasteiger partial charge is 0.156 e. The molecule has 13 heavy (non-hydrogen) atoms. The van der Waals surface area contributed by atoms with Gasteiger partial charge in [0.05, 0.1) is 5.02 Å². The van der Waals surface area contributed by atoms with E-state index in [9.17, 15) is 4.39 Å². The summed E-state index contributed by atoms with van der Waals surface area (Å²) < 4.78 is 13.2. The Morgan fingerprint density at radius 1 is 1.69 bits per heavy atom. The molecule has 4 heteroatoms. The fourth-order valence-electron chi connectivity index (χ4n) is 0.763. The van der Waals surface area contributed by atoms with Crippen LogP contribution < -0.4 is 0 Å². The van der Waals surface area contributed by atoms with Crippen molar-refractivity contribution in [3.63, 3.8) is 0 Å². The van der Waals surface area contributed by atoms with Crippen LogP contribution in [0.4, 0.5) is 4.39 Å². The van der Waals surface area contributed by atoms with Crippen molar-refractivity contribution >= 4 is 23.4 Å². The lowest BCUT2D eigenvalue weighted by Gasteiger charge is -2.07. The van der Waals surface area contributed by atoms with Gasteiger partial charge in [0, 0.05) is 11.4 Å². The minimum atomic E-state index is -0.335. The molecule has 0 N–H and O–H groups in total. The van der Waals surface area contributed by atoms with Gasteiger partial charge in [0.15, 0.2) is 5.82 Å². The van der Waals surface area contributed by atoms with Crippen LogP contribution in [0.25, 0.3) is 0 Å². The van der Waals surface area contributed by atoms with Gasteiger partial charge in [-0.05, 0) is 12.5 Å². The highest BCUT2D eigenvalue weighted by Crippen LogP contribution is 2.26. The number of halogens is 2. The fraction of sp³-hybridized carbons (Fsp3) is 0.444. The van der Waals surface area contributed by atoms with Gasteiger partial charge in [-0.3, -0.25) is 0 Å². The van der Waals surface area contributed by atoms with Gasteiger partial charge >= 0.3 is 0 Å². The van der Waals surface area contributed by atoms with Crippen LogP contribution in [0.3, 0.4) is 0 Å². The van der Waals surface area contributed by atoms with E-state index in [0.29, 0.717) is 15.3 Å². The first kappa shape index (κ1) is 10.8. The molecule has 1 aromatic heterocycles. The van der Waals surface area contributed by atoms with E-state index >= 15 is 0 Å². The Morgan fingerprint density at radius 3 is 2.92 bits per heavy atom. The molecule has 0 aliphatic rings. The SMILES string of the molecule is CCC(C)Sc1ncc(Cl)cc1F. The van der Waals surface area contributed by atoms with E-state index in [0.717, 1.165) is 6.42 Å². The van der Waals surface area contributed by atoms with Gasteiger partial charge in [-0.25, -0.2) is 9.37 Å². The van der Waals surface area contributed by atoms with Crippen LogP contribution in [0.1, 0.15) is 20.3 Å². The number of hydrogen-bond acceptors (Lipinski definition) is 2. The van der Waals surface area contributed by atoms with Gasteiger partial charge in [0.25, 0.3) is 0 Å². The summed E-state index contributed by atoms with van der Waals surface area (Å²) in [6.07, 6.45) is 2.46. The number of aromatic nitrogens is 1. The summed E-state index contributed by atoms with van der Waals surface area (Å²) >= 11 is 7.01. The lowest BCUT2D eigenvalue weighted by molar-refractivity contribution is 0.587. The summed E-state index contributed by atoms with van der Waals surface area (Å²) in [5.41, 5.74) is 0. The van der Waals surface area contributed by atoms with Gasteiger partial charge < -0.3 is 0 Å². The third-order valence-corrected chi connectivity index (χ3v) is 3.13. The molecule has 0 saturated carbocycles. The molecule has 0 aliphatic carbocycles. The molecule has 0 saturated heterocycles. The Morgan fingerprint density at radius 2 is 2.38 bits per heavy atom. The molecule has 1 nitrogen and oxygen atoms in total. The molecule has 0 fully saturated rings. The summed E-state index contributed by atoms with van der Waals surface area (Å²) in [7, 11) is 0. The van der Waals surface area contributed by atoms with Crippen LogP contribution in [-0.4, -0.2) is 10.2 Å². The van der Waals surface area contributed by atoms with E-state index in [4.69, 9.17) is 11.6 Å². The minimum absolute atomic E-state index is 0.335.